The average Bonchev–Trinajstić information content (AvgIpc) is 3.36. The number of nitrogens with one attached hydrogen (secondary N) is 1. The Labute approximate surface area is 174 Å². The van der Waals surface area contributed by atoms with E-state index in [1.807, 2.05) is 37.3 Å². The largest absolute Gasteiger partial charge is 0.451 e. The molecule has 1 saturated heterocycles. The van der Waals surface area contributed by atoms with Crippen molar-refractivity contribution in [2.75, 3.05) is 23.3 Å². The predicted molar refractivity (Wildman–Crippen MR) is 115 cm³/mol. The highest BCUT2D eigenvalue weighted by molar-refractivity contribution is 6.33. The highest BCUT2D eigenvalue weighted by Crippen LogP contribution is 2.32. The van der Waals surface area contributed by atoms with Crippen LogP contribution in [-0.2, 0) is 0 Å². The first-order valence-corrected chi connectivity index (χ1v) is 9.99. The molecule has 4 rings (SSSR count). The summed E-state index contributed by atoms with van der Waals surface area (Å²) in [6, 6.07) is 14.7. The molecule has 0 aliphatic carbocycles. The molecule has 28 heavy (non-hydrogen) atoms. The van der Waals surface area contributed by atoms with Crippen LogP contribution < -0.4 is 10.2 Å². The van der Waals surface area contributed by atoms with Crippen molar-refractivity contribution in [2.24, 2.45) is 0 Å². The molecule has 0 spiro atoms. The van der Waals surface area contributed by atoms with Crippen molar-refractivity contribution >= 4 is 40.5 Å². The number of hydrogen-bond donors (Lipinski definition) is 1. The van der Waals surface area contributed by atoms with Gasteiger partial charge in [-0.25, -0.2) is 0 Å². The van der Waals surface area contributed by atoms with Crippen LogP contribution in [0.5, 0.6) is 0 Å². The Hall–Kier alpha value is -2.43. The number of rotatable bonds is 4. The van der Waals surface area contributed by atoms with Crippen molar-refractivity contribution in [1.82, 2.24) is 0 Å². The highest BCUT2D eigenvalue weighted by atomic mass is 35.5. The molecule has 0 atom stereocenters. The Morgan fingerprint density at radius 3 is 2.50 bits per heavy atom. The zero-order chi connectivity index (χ0) is 19.7. The van der Waals surface area contributed by atoms with Crippen molar-refractivity contribution in [1.29, 1.82) is 0 Å². The SMILES string of the molecule is Cc1ccc(-c2ccc(C(=O)Nc3ccc(N4CCCC4)c(Cl)c3)o2)cc1Cl. The number of amides is 1. The van der Waals surface area contributed by atoms with Crippen molar-refractivity contribution < 1.29 is 9.21 Å². The predicted octanol–water partition coefficient (Wildman–Crippen LogP) is 6.41. The Bertz CT molecular complexity index is 1020. The van der Waals surface area contributed by atoms with E-state index >= 15 is 0 Å². The van der Waals surface area contributed by atoms with Crippen LogP contribution in [0.4, 0.5) is 11.4 Å². The van der Waals surface area contributed by atoms with Gasteiger partial charge in [0.15, 0.2) is 5.76 Å². The van der Waals surface area contributed by atoms with Gasteiger partial charge in [0.1, 0.15) is 5.76 Å². The van der Waals surface area contributed by atoms with E-state index in [1.165, 1.54) is 12.8 Å². The first-order chi connectivity index (χ1) is 13.5. The Balaban J connectivity index is 1.49. The van der Waals surface area contributed by atoms with Gasteiger partial charge in [-0.15, -0.1) is 0 Å². The second kappa shape index (κ2) is 7.90. The summed E-state index contributed by atoms with van der Waals surface area (Å²) in [5.74, 6) is 0.496. The zero-order valence-corrected chi connectivity index (χ0v) is 17.0. The number of hydrogen-bond acceptors (Lipinski definition) is 3. The number of furan rings is 1. The minimum Gasteiger partial charge on any atom is -0.451 e. The van der Waals surface area contributed by atoms with Crippen molar-refractivity contribution in [3.63, 3.8) is 0 Å². The fourth-order valence-electron chi connectivity index (χ4n) is 3.35. The first-order valence-electron chi connectivity index (χ1n) is 9.23. The van der Waals surface area contributed by atoms with E-state index in [-0.39, 0.29) is 11.7 Å². The molecule has 144 valence electrons. The Morgan fingerprint density at radius 2 is 1.79 bits per heavy atom. The summed E-state index contributed by atoms with van der Waals surface area (Å²) in [4.78, 5) is 14.8. The maximum Gasteiger partial charge on any atom is 0.291 e. The molecular formula is C22H20Cl2N2O2. The van der Waals surface area contributed by atoms with E-state index in [1.54, 1.807) is 18.2 Å². The molecule has 1 aliphatic heterocycles. The summed E-state index contributed by atoms with van der Waals surface area (Å²) in [7, 11) is 0. The second-order valence-electron chi connectivity index (χ2n) is 6.94. The summed E-state index contributed by atoms with van der Waals surface area (Å²) in [5.41, 5.74) is 3.46. The van der Waals surface area contributed by atoms with Gasteiger partial charge in [-0.05, 0) is 61.7 Å². The number of benzene rings is 2. The molecule has 1 aromatic heterocycles. The van der Waals surface area contributed by atoms with Crippen molar-refractivity contribution in [2.45, 2.75) is 19.8 Å². The van der Waals surface area contributed by atoms with E-state index in [0.29, 0.717) is 21.5 Å². The van der Waals surface area contributed by atoms with Gasteiger partial charge in [0.05, 0.1) is 10.7 Å². The lowest BCUT2D eigenvalue weighted by molar-refractivity contribution is 0.0997. The zero-order valence-electron chi connectivity index (χ0n) is 15.5. The molecule has 0 radical (unpaired) electrons. The van der Waals surface area contributed by atoms with Gasteiger partial charge in [0.25, 0.3) is 5.91 Å². The van der Waals surface area contributed by atoms with Crippen LogP contribution in [0.25, 0.3) is 11.3 Å². The van der Waals surface area contributed by atoms with E-state index in [0.717, 1.165) is 29.9 Å². The lowest BCUT2D eigenvalue weighted by atomic mass is 10.1. The van der Waals surface area contributed by atoms with Gasteiger partial charge >= 0.3 is 0 Å². The molecule has 1 aliphatic rings. The fraction of sp³-hybridized carbons (Fsp3) is 0.227. The number of halogens is 2. The maximum atomic E-state index is 12.5. The molecular weight excluding hydrogens is 395 g/mol. The third-order valence-corrected chi connectivity index (χ3v) is 5.65. The fourth-order valence-corrected chi connectivity index (χ4v) is 3.83. The van der Waals surface area contributed by atoms with E-state index in [2.05, 4.69) is 10.2 Å². The molecule has 0 unspecified atom stereocenters. The average molecular weight is 415 g/mol. The topological polar surface area (TPSA) is 45.5 Å². The molecule has 2 aromatic carbocycles. The number of carbonyl (C=O) groups excluding carboxylic acids is 1. The summed E-state index contributed by atoms with van der Waals surface area (Å²) in [5, 5.41) is 4.13. The minimum atomic E-state index is -0.325. The molecule has 6 heteroatoms. The third-order valence-electron chi connectivity index (χ3n) is 4.94. The molecule has 0 bridgehead atoms. The highest BCUT2D eigenvalue weighted by Gasteiger charge is 2.17. The van der Waals surface area contributed by atoms with Crippen molar-refractivity contribution in [3.05, 3.63) is 69.9 Å². The van der Waals surface area contributed by atoms with Gasteiger partial charge in [0, 0.05) is 29.4 Å². The second-order valence-corrected chi connectivity index (χ2v) is 7.76. The van der Waals surface area contributed by atoms with E-state index in [4.69, 9.17) is 27.6 Å². The van der Waals surface area contributed by atoms with Crippen LogP contribution in [0.1, 0.15) is 29.0 Å². The van der Waals surface area contributed by atoms with Crippen LogP contribution >= 0.6 is 23.2 Å². The quantitative estimate of drug-likeness (QED) is 0.535. The summed E-state index contributed by atoms with van der Waals surface area (Å²) < 4.78 is 5.72. The molecule has 2 heterocycles. The summed E-state index contributed by atoms with van der Waals surface area (Å²) >= 11 is 12.6. The Morgan fingerprint density at radius 1 is 1.00 bits per heavy atom. The standard InChI is InChI=1S/C22H20Cl2N2O2/c1-14-4-5-15(12-17(14)23)20-8-9-21(28-20)22(27)25-16-6-7-19(18(24)13-16)26-10-2-3-11-26/h4-9,12-13H,2-3,10-11H2,1H3,(H,25,27). The lowest BCUT2D eigenvalue weighted by Crippen LogP contribution is -2.18. The molecule has 4 nitrogen and oxygen atoms in total. The maximum absolute atomic E-state index is 12.5. The van der Waals surface area contributed by atoms with Crippen molar-refractivity contribution in [3.8, 4) is 11.3 Å². The van der Waals surface area contributed by atoms with E-state index in [9.17, 15) is 4.79 Å². The van der Waals surface area contributed by atoms with Gasteiger partial charge in [-0.2, -0.15) is 0 Å². The van der Waals surface area contributed by atoms with Gasteiger partial charge in [-0.1, -0.05) is 35.3 Å². The third kappa shape index (κ3) is 3.89. The van der Waals surface area contributed by atoms with Crippen LogP contribution in [0.3, 0.4) is 0 Å². The smallest absolute Gasteiger partial charge is 0.291 e. The van der Waals surface area contributed by atoms with Gasteiger partial charge in [-0.3, -0.25) is 4.79 Å². The van der Waals surface area contributed by atoms with Gasteiger partial charge in [0.2, 0.25) is 0 Å². The lowest BCUT2D eigenvalue weighted by Gasteiger charge is -2.19. The monoisotopic (exact) mass is 414 g/mol. The summed E-state index contributed by atoms with van der Waals surface area (Å²) in [6.07, 6.45) is 2.36. The minimum absolute atomic E-state index is 0.228. The molecule has 0 saturated carbocycles. The molecule has 3 aromatic rings. The molecule has 1 fully saturated rings. The Kier molecular flexibility index (Phi) is 5.33. The van der Waals surface area contributed by atoms with Crippen LogP contribution in [0.15, 0.2) is 52.9 Å². The molecule has 1 amide bonds. The first kappa shape index (κ1) is 18.9. The molecule has 1 N–H and O–H groups in total. The van der Waals surface area contributed by atoms with Gasteiger partial charge < -0.3 is 14.6 Å². The number of anilines is 2. The van der Waals surface area contributed by atoms with Crippen LogP contribution in [-0.4, -0.2) is 19.0 Å². The normalized spacial score (nSPS) is 13.8. The summed E-state index contributed by atoms with van der Waals surface area (Å²) in [6.45, 7) is 3.97. The van der Waals surface area contributed by atoms with Crippen LogP contribution in [0, 0.1) is 6.92 Å². The number of aryl methyl sites for hydroxylation is 1. The van der Waals surface area contributed by atoms with Crippen LogP contribution in [0.2, 0.25) is 10.0 Å². The number of nitrogens with zero attached hydrogens (tertiary/aromatic N) is 1. The number of carbonyl (C=O) groups is 1. The van der Waals surface area contributed by atoms with E-state index < -0.39 is 0 Å².